The number of aliphatic hydroxyl groups is 3. The number of ketones is 1. The molecule has 1 saturated heterocycles. The fourth-order valence-electron chi connectivity index (χ4n) is 4.51. The van der Waals surface area contributed by atoms with Gasteiger partial charge in [0.1, 0.15) is 41.6 Å². The maximum absolute atomic E-state index is 13.3. The van der Waals surface area contributed by atoms with Gasteiger partial charge in [0.25, 0.3) is 0 Å². The second-order valence-electron chi connectivity index (χ2n) is 10.5. The summed E-state index contributed by atoms with van der Waals surface area (Å²) >= 11 is 0. The first-order valence-corrected chi connectivity index (χ1v) is 14.3. The van der Waals surface area contributed by atoms with Crippen molar-refractivity contribution in [3.05, 3.63) is 59.7 Å². The van der Waals surface area contributed by atoms with Gasteiger partial charge in [-0.05, 0) is 62.6 Å². The standard InChI is InChI=1S/C31H40N2O10/c1-4-41-22-11-6-20(7-12-22)10-15-25(35)32-24(30(39)33-27-29(38)28(37)19(3)42-31(27)40)17-21-8-13-23(14-9-21)43-26(36)16-5-18(2)34/h6-9,11-14,19,24,27-29,31,37-38,40H,4-5,10,15-17H2,1-3H3,(H,32,35)(H,33,39). The average molecular weight is 601 g/mol. The summed E-state index contributed by atoms with van der Waals surface area (Å²) in [4.78, 5) is 49.3. The number of nitrogens with one attached hydrogen (secondary N) is 2. The van der Waals surface area contributed by atoms with Gasteiger partial charge in [-0.25, -0.2) is 0 Å². The van der Waals surface area contributed by atoms with Crippen molar-refractivity contribution in [1.29, 1.82) is 0 Å². The monoisotopic (exact) mass is 600 g/mol. The lowest BCUT2D eigenvalue weighted by Gasteiger charge is -2.40. The minimum Gasteiger partial charge on any atom is -0.494 e. The molecule has 2 amide bonds. The zero-order valence-corrected chi connectivity index (χ0v) is 24.5. The molecule has 0 saturated carbocycles. The first-order valence-electron chi connectivity index (χ1n) is 14.3. The fraction of sp³-hybridized carbons (Fsp3) is 0.484. The number of amides is 2. The van der Waals surface area contributed by atoms with E-state index in [1.807, 2.05) is 31.2 Å². The highest BCUT2D eigenvalue weighted by Crippen LogP contribution is 2.20. The highest BCUT2D eigenvalue weighted by Gasteiger charge is 2.43. The average Bonchev–Trinajstić information content (AvgIpc) is 2.97. The Kier molecular flexibility index (Phi) is 12.6. The highest BCUT2D eigenvalue weighted by atomic mass is 16.6. The summed E-state index contributed by atoms with van der Waals surface area (Å²) in [7, 11) is 0. The number of esters is 1. The Balaban J connectivity index is 1.68. The van der Waals surface area contributed by atoms with E-state index in [1.165, 1.54) is 26.0 Å². The topological polar surface area (TPSA) is 181 Å². The van der Waals surface area contributed by atoms with Gasteiger partial charge < -0.3 is 45.0 Å². The molecule has 2 aromatic rings. The summed E-state index contributed by atoms with van der Waals surface area (Å²) in [6.07, 6.45) is -4.73. The van der Waals surface area contributed by atoms with Crippen LogP contribution in [0.3, 0.4) is 0 Å². The second-order valence-corrected chi connectivity index (χ2v) is 10.5. The number of aryl methyl sites for hydroxylation is 1. The first kappa shape index (κ1) is 33.7. The van der Waals surface area contributed by atoms with E-state index in [1.54, 1.807) is 12.1 Å². The molecule has 1 aliphatic heterocycles. The molecule has 0 aliphatic carbocycles. The van der Waals surface area contributed by atoms with Crippen LogP contribution in [0.2, 0.25) is 0 Å². The highest BCUT2D eigenvalue weighted by molar-refractivity contribution is 5.88. The maximum atomic E-state index is 13.3. The smallest absolute Gasteiger partial charge is 0.311 e. The van der Waals surface area contributed by atoms with E-state index in [9.17, 15) is 34.5 Å². The van der Waals surface area contributed by atoms with Gasteiger partial charge in [0.2, 0.25) is 11.8 Å². The Morgan fingerprint density at radius 2 is 1.51 bits per heavy atom. The van der Waals surface area contributed by atoms with Gasteiger partial charge in [0.05, 0.1) is 19.1 Å². The van der Waals surface area contributed by atoms with E-state index in [4.69, 9.17) is 14.2 Å². The van der Waals surface area contributed by atoms with Gasteiger partial charge in [-0.2, -0.15) is 0 Å². The van der Waals surface area contributed by atoms with Crippen LogP contribution in [-0.2, 0) is 36.8 Å². The minimum atomic E-state index is -1.58. The number of ether oxygens (including phenoxy) is 3. The molecule has 0 bridgehead atoms. The van der Waals surface area contributed by atoms with Gasteiger partial charge >= 0.3 is 5.97 Å². The molecule has 0 spiro atoms. The van der Waals surface area contributed by atoms with Crippen molar-refractivity contribution in [2.24, 2.45) is 0 Å². The van der Waals surface area contributed by atoms with Crippen molar-refractivity contribution < 1.29 is 48.7 Å². The fourth-order valence-corrected chi connectivity index (χ4v) is 4.51. The normalized spacial score (nSPS) is 22.2. The quantitative estimate of drug-likeness (QED) is 0.155. The molecule has 43 heavy (non-hydrogen) atoms. The van der Waals surface area contributed by atoms with Crippen molar-refractivity contribution in [2.45, 2.75) is 89.6 Å². The molecular weight excluding hydrogens is 560 g/mol. The number of carbonyl (C=O) groups excluding carboxylic acids is 4. The third-order valence-electron chi connectivity index (χ3n) is 6.97. The summed E-state index contributed by atoms with van der Waals surface area (Å²) in [5.41, 5.74) is 1.52. The van der Waals surface area contributed by atoms with Crippen LogP contribution in [0.4, 0.5) is 0 Å². The van der Waals surface area contributed by atoms with Crippen molar-refractivity contribution in [3.8, 4) is 11.5 Å². The van der Waals surface area contributed by atoms with Crippen LogP contribution in [-0.4, -0.2) is 82.2 Å². The number of Topliss-reactive ketones (excluding diaryl/α,β-unsaturated/α-hetero) is 1. The summed E-state index contributed by atoms with van der Waals surface area (Å²) < 4.78 is 15.9. The number of carbonyl (C=O) groups is 4. The van der Waals surface area contributed by atoms with Crippen molar-refractivity contribution in [2.75, 3.05) is 6.61 Å². The number of hydrogen-bond acceptors (Lipinski definition) is 10. The second kappa shape index (κ2) is 16.1. The van der Waals surface area contributed by atoms with Gasteiger partial charge in [0.15, 0.2) is 6.29 Å². The Morgan fingerprint density at radius 3 is 2.14 bits per heavy atom. The van der Waals surface area contributed by atoms with E-state index in [-0.39, 0.29) is 37.2 Å². The molecule has 6 unspecified atom stereocenters. The van der Waals surface area contributed by atoms with Crippen LogP contribution in [0.15, 0.2) is 48.5 Å². The SMILES string of the molecule is CCOc1ccc(CCC(=O)NC(Cc2ccc(OC(=O)CCC(C)=O)cc2)C(=O)NC2C(O)OC(C)C(O)C2O)cc1. The third kappa shape index (κ3) is 10.4. The lowest BCUT2D eigenvalue weighted by molar-refractivity contribution is -0.242. The van der Waals surface area contributed by atoms with Gasteiger partial charge in [-0.1, -0.05) is 24.3 Å². The van der Waals surface area contributed by atoms with Gasteiger partial charge in [0, 0.05) is 19.3 Å². The van der Waals surface area contributed by atoms with E-state index < -0.39 is 54.5 Å². The Labute approximate surface area is 250 Å². The summed E-state index contributed by atoms with van der Waals surface area (Å²) in [5, 5.41) is 36.1. The Hall–Kier alpha value is -3.84. The zero-order valence-electron chi connectivity index (χ0n) is 24.5. The molecule has 1 heterocycles. The number of benzene rings is 2. The molecule has 0 radical (unpaired) electrons. The van der Waals surface area contributed by atoms with Crippen molar-refractivity contribution in [3.63, 3.8) is 0 Å². The molecule has 1 fully saturated rings. The number of hydrogen-bond donors (Lipinski definition) is 5. The number of aliphatic hydroxyl groups excluding tert-OH is 3. The van der Waals surface area contributed by atoms with Crippen LogP contribution in [0.25, 0.3) is 0 Å². The van der Waals surface area contributed by atoms with E-state index in [0.29, 0.717) is 18.6 Å². The molecular formula is C31H40N2O10. The third-order valence-corrected chi connectivity index (χ3v) is 6.97. The molecule has 1 aliphatic rings. The van der Waals surface area contributed by atoms with Crippen LogP contribution in [0.5, 0.6) is 11.5 Å². The molecule has 3 rings (SSSR count). The van der Waals surface area contributed by atoms with Crippen molar-refractivity contribution in [1.82, 2.24) is 10.6 Å². The van der Waals surface area contributed by atoms with E-state index in [0.717, 1.165) is 11.3 Å². The summed E-state index contributed by atoms with van der Waals surface area (Å²) in [5.74, 6) is -0.807. The van der Waals surface area contributed by atoms with Gasteiger partial charge in [-0.15, -0.1) is 0 Å². The largest absolute Gasteiger partial charge is 0.494 e. The molecule has 234 valence electrons. The van der Waals surface area contributed by atoms with Crippen LogP contribution < -0.4 is 20.1 Å². The molecule has 0 aromatic heterocycles. The van der Waals surface area contributed by atoms with Crippen LogP contribution >= 0.6 is 0 Å². The lowest BCUT2D eigenvalue weighted by atomic mass is 9.96. The Bertz CT molecular complexity index is 1230. The van der Waals surface area contributed by atoms with E-state index >= 15 is 0 Å². The first-order chi connectivity index (χ1) is 20.5. The van der Waals surface area contributed by atoms with Crippen LogP contribution in [0, 0.1) is 0 Å². The number of rotatable bonds is 14. The lowest BCUT2D eigenvalue weighted by Crippen LogP contribution is -2.64. The summed E-state index contributed by atoms with van der Waals surface area (Å²) in [6, 6.07) is 11.2. The molecule has 6 atom stereocenters. The van der Waals surface area contributed by atoms with Crippen molar-refractivity contribution >= 4 is 23.6 Å². The van der Waals surface area contributed by atoms with Gasteiger partial charge in [-0.3, -0.25) is 14.4 Å². The minimum absolute atomic E-state index is 0.0257. The van der Waals surface area contributed by atoms with E-state index in [2.05, 4.69) is 10.6 Å². The predicted molar refractivity (Wildman–Crippen MR) is 154 cm³/mol. The Morgan fingerprint density at radius 1 is 0.884 bits per heavy atom. The zero-order chi connectivity index (χ0) is 31.5. The molecule has 12 nitrogen and oxygen atoms in total. The maximum Gasteiger partial charge on any atom is 0.311 e. The summed E-state index contributed by atoms with van der Waals surface area (Å²) in [6.45, 7) is 5.29. The molecule has 5 N–H and O–H groups in total. The molecule has 12 heteroatoms. The molecule has 2 aromatic carbocycles. The van der Waals surface area contributed by atoms with Crippen LogP contribution in [0.1, 0.15) is 51.2 Å². The predicted octanol–water partition coefficient (Wildman–Crippen LogP) is 0.964.